The molecule has 1 N–H and O–H groups in total. The minimum atomic E-state index is -0.658. The van der Waals surface area contributed by atoms with Gasteiger partial charge in [-0.05, 0) is 12.6 Å². The molecule has 5 nitrogen and oxygen atoms in total. The lowest BCUT2D eigenvalue weighted by atomic mass is 9.98. The molecule has 4 atom stereocenters. The average molecular weight is 303 g/mol. The molecular formula is C17H21NO4. The van der Waals surface area contributed by atoms with Crippen LogP contribution in [0.2, 0.25) is 0 Å². The molecule has 0 saturated carbocycles. The van der Waals surface area contributed by atoms with E-state index in [9.17, 15) is 14.7 Å². The molecule has 2 fully saturated rings. The number of carbonyl (C=O) groups is 2. The molecule has 2 saturated heterocycles. The summed E-state index contributed by atoms with van der Waals surface area (Å²) in [6, 6.07) is 9.20. The highest BCUT2D eigenvalue weighted by molar-refractivity contribution is 5.87. The van der Waals surface area contributed by atoms with Crippen molar-refractivity contribution in [1.29, 1.82) is 0 Å². The maximum absolute atomic E-state index is 12.4. The molecule has 22 heavy (non-hydrogen) atoms. The van der Waals surface area contributed by atoms with Crippen LogP contribution < -0.4 is 0 Å². The van der Waals surface area contributed by atoms with Crippen molar-refractivity contribution >= 4 is 11.8 Å². The van der Waals surface area contributed by atoms with Gasteiger partial charge in [0.1, 0.15) is 12.0 Å². The van der Waals surface area contributed by atoms with E-state index in [4.69, 9.17) is 4.74 Å². The van der Waals surface area contributed by atoms with E-state index in [-0.39, 0.29) is 30.6 Å². The number of nitrogens with zero attached hydrogens (tertiary/aromatic N) is 1. The molecule has 2 heterocycles. The molecule has 118 valence electrons. The minimum Gasteiger partial charge on any atom is -0.462 e. The van der Waals surface area contributed by atoms with Gasteiger partial charge in [0, 0.05) is 25.3 Å². The molecule has 3 rings (SSSR count). The summed E-state index contributed by atoms with van der Waals surface area (Å²) in [6.07, 6.45) is 1.57. The molecule has 0 aromatic heterocycles. The largest absolute Gasteiger partial charge is 0.462 e. The molecule has 1 aromatic carbocycles. The number of ether oxygens (including phenoxy) is 1. The van der Waals surface area contributed by atoms with Crippen molar-refractivity contribution in [2.24, 2.45) is 0 Å². The smallest absolute Gasteiger partial charge is 0.316 e. The van der Waals surface area contributed by atoms with Gasteiger partial charge in [0.15, 0.2) is 5.78 Å². The number of fused-ring (bicyclic) bond motifs is 2. The maximum atomic E-state index is 12.4. The van der Waals surface area contributed by atoms with E-state index >= 15 is 0 Å². The Morgan fingerprint density at radius 3 is 2.73 bits per heavy atom. The Balaban J connectivity index is 1.66. The van der Waals surface area contributed by atoms with Gasteiger partial charge in [-0.2, -0.15) is 0 Å². The zero-order valence-corrected chi connectivity index (χ0v) is 12.6. The first-order valence-electron chi connectivity index (χ1n) is 7.71. The molecule has 0 spiro atoms. The number of aliphatic hydroxyl groups excluding tert-OH is 1. The highest BCUT2D eigenvalue weighted by Crippen LogP contribution is 2.34. The summed E-state index contributed by atoms with van der Waals surface area (Å²) in [7, 11) is 1.96. The molecular weight excluding hydrogens is 282 g/mol. The average Bonchev–Trinajstić information content (AvgIpc) is 2.68. The summed E-state index contributed by atoms with van der Waals surface area (Å²) >= 11 is 0. The van der Waals surface area contributed by atoms with Gasteiger partial charge >= 0.3 is 5.97 Å². The molecule has 4 unspecified atom stereocenters. The lowest BCUT2D eigenvalue weighted by molar-refractivity contribution is -0.155. The Kier molecular flexibility index (Phi) is 4.27. The maximum Gasteiger partial charge on any atom is 0.316 e. The fourth-order valence-electron chi connectivity index (χ4n) is 3.53. The van der Waals surface area contributed by atoms with E-state index in [1.807, 2.05) is 37.4 Å². The number of aliphatic hydroxyl groups is 1. The summed E-state index contributed by atoms with van der Waals surface area (Å²) in [5, 5.41) is 9.52. The molecule has 0 radical (unpaired) electrons. The van der Waals surface area contributed by atoms with Gasteiger partial charge in [-0.15, -0.1) is 0 Å². The van der Waals surface area contributed by atoms with Gasteiger partial charge in [0.2, 0.25) is 0 Å². The number of likely N-dealkylation sites (N-methyl/N-ethyl adjacent to an activating group) is 1. The zero-order chi connectivity index (χ0) is 15.7. The number of benzene rings is 1. The molecule has 0 aliphatic carbocycles. The first kappa shape index (κ1) is 15.2. The van der Waals surface area contributed by atoms with E-state index < -0.39 is 11.9 Å². The van der Waals surface area contributed by atoms with Crippen LogP contribution in [0.4, 0.5) is 0 Å². The Bertz CT molecular complexity index is 559. The molecule has 5 heteroatoms. The van der Waals surface area contributed by atoms with Crippen LogP contribution in [0, 0.1) is 0 Å². The van der Waals surface area contributed by atoms with Gasteiger partial charge in [0.05, 0.1) is 12.6 Å². The Morgan fingerprint density at radius 2 is 2.09 bits per heavy atom. The predicted molar refractivity (Wildman–Crippen MR) is 80.3 cm³/mol. The third-order valence-electron chi connectivity index (χ3n) is 4.85. The lowest BCUT2D eigenvalue weighted by Gasteiger charge is -2.35. The van der Waals surface area contributed by atoms with Crippen LogP contribution in [-0.2, 0) is 14.3 Å². The fraction of sp³-hybridized carbons (Fsp3) is 0.529. The quantitative estimate of drug-likeness (QED) is 0.844. The Hall–Kier alpha value is -1.72. The second-order valence-electron chi connectivity index (χ2n) is 6.18. The van der Waals surface area contributed by atoms with Crippen LogP contribution in [0.25, 0.3) is 0 Å². The molecule has 0 amide bonds. The van der Waals surface area contributed by atoms with Gasteiger partial charge in [-0.25, -0.2) is 0 Å². The van der Waals surface area contributed by atoms with Crippen molar-refractivity contribution in [3.05, 3.63) is 35.9 Å². The number of hydrogen-bond acceptors (Lipinski definition) is 5. The first-order valence-corrected chi connectivity index (χ1v) is 7.71. The highest BCUT2D eigenvalue weighted by atomic mass is 16.5. The SMILES string of the molecule is CN1C2CC(=O)C1CC(OC(=O)C(CO)c1ccccc1)C2. The second-order valence-corrected chi connectivity index (χ2v) is 6.18. The summed E-state index contributed by atoms with van der Waals surface area (Å²) < 4.78 is 5.60. The van der Waals surface area contributed by atoms with Gasteiger partial charge < -0.3 is 9.84 Å². The van der Waals surface area contributed by atoms with Crippen molar-refractivity contribution in [2.75, 3.05) is 13.7 Å². The van der Waals surface area contributed by atoms with Crippen molar-refractivity contribution in [2.45, 2.75) is 43.4 Å². The number of Topliss-reactive ketones (excluding diaryl/α,β-unsaturated/α-hetero) is 1. The second kappa shape index (κ2) is 6.18. The molecule has 1 aromatic rings. The Labute approximate surface area is 129 Å². The highest BCUT2D eigenvalue weighted by Gasteiger charge is 2.45. The number of carbonyl (C=O) groups excluding carboxylic acids is 2. The normalized spacial score (nSPS) is 29.4. The third kappa shape index (κ3) is 2.78. The minimum absolute atomic E-state index is 0.124. The van der Waals surface area contributed by atoms with E-state index in [0.29, 0.717) is 19.3 Å². The van der Waals surface area contributed by atoms with Crippen LogP contribution in [0.5, 0.6) is 0 Å². The van der Waals surface area contributed by atoms with Crippen LogP contribution in [-0.4, -0.2) is 53.6 Å². The summed E-state index contributed by atoms with van der Waals surface area (Å²) in [5.41, 5.74) is 0.752. The van der Waals surface area contributed by atoms with Gasteiger partial charge in [-0.1, -0.05) is 30.3 Å². The number of esters is 1. The predicted octanol–water partition coefficient (Wildman–Crippen LogP) is 1.11. The number of rotatable bonds is 4. The van der Waals surface area contributed by atoms with E-state index in [0.717, 1.165) is 5.56 Å². The van der Waals surface area contributed by atoms with Gasteiger partial charge in [-0.3, -0.25) is 14.5 Å². The number of ketones is 1. The van der Waals surface area contributed by atoms with E-state index in [1.54, 1.807) is 0 Å². The molecule has 2 aliphatic heterocycles. The van der Waals surface area contributed by atoms with Crippen molar-refractivity contribution in [1.82, 2.24) is 4.90 Å². The standard InChI is InChI=1S/C17H21NO4/c1-18-12-7-13(9-15(18)16(20)8-12)22-17(21)14(10-19)11-5-3-2-4-6-11/h2-6,12-15,19H,7-10H2,1H3. The number of piperidine rings is 1. The van der Waals surface area contributed by atoms with Crippen LogP contribution in [0.1, 0.15) is 30.7 Å². The van der Waals surface area contributed by atoms with Crippen LogP contribution in [0.3, 0.4) is 0 Å². The topological polar surface area (TPSA) is 66.8 Å². The van der Waals surface area contributed by atoms with E-state index in [1.165, 1.54) is 0 Å². The summed E-state index contributed by atoms with van der Waals surface area (Å²) in [6.45, 7) is -0.277. The summed E-state index contributed by atoms with van der Waals surface area (Å²) in [5.74, 6) is -0.822. The fourth-order valence-corrected chi connectivity index (χ4v) is 3.53. The first-order chi connectivity index (χ1) is 10.6. The Morgan fingerprint density at radius 1 is 1.36 bits per heavy atom. The summed E-state index contributed by atoms with van der Waals surface area (Å²) in [4.78, 5) is 26.3. The van der Waals surface area contributed by atoms with Crippen molar-refractivity contribution < 1.29 is 19.4 Å². The monoisotopic (exact) mass is 303 g/mol. The number of hydrogen-bond donors (Lipinski definition) is 1. The van der Waals surface area contributed by atoms with E-state index in [2.05, 4.69) is 4.90 Å². The molecule has 2 aliphatic rings. The zero-order valence-electron chi connectivity index (χ0n) is 12.6. The van der Waals surface area contributed by atoms with Gasteiger partial charge in [0.25, 0.3) is 0 Å². The van der Waals surface area contributed by atoms with Crippen molar-refractivity contribution in [3.8, 4) is 0 Å². The third-order valence-corrected chi connectivity index (χ3v) is 4.85. The molecule has 2 bridgehead atoms. The van der Waals surface area contributed by atoms with Crippen molar-refractivity contribution in [3.63, 3.8) is 0 Å². The van der Waals surface area contributed by atoms with Crippen LogP contribution >= 0.6 is 0 Å². The lowest BCUT2D eigenvalue weighted by Crippen LogP contribution is -2.45. The van der Waals surface area contributed by atoms with Crippen LogP contribution in [0.15, 0.2) is 30.3 Å².